The maximum absolute atomic E-state index is 12.2. The van der Waals surface area contributed by atoms with Crippen LogP contribution in [0.25, 0.3) is 0 Å². The molecule has 0 heterocycles. The van der Waals surface area contributed by atoms with Crippen LogP contribution in [-0.4, -0.2) is 23.9 Å². The molecule has 6 heteroatoms. The largest absolute Gasteiger partial charge is 0.573 e. The minimum Gasteiger partial charge on any atom is -0.405 e. The molecular formula is C13H18F3NOS. The zero-order chi connectivity index (χ0) is 14.3. The van der Waals surface area contributed by atoms with Crippen molar-refractivity contribution >= 4 is 11.8 Å². The fourth-order valence-corrected chi connectivity index (χ4v) is 2.22. The fourth-order valence-electron chi connectivity index (χ4n) is 1.51. The average Bonchev–Trinajstić information content (AvgIpc) is 2.33. The molecule has 0 saturated carbocycles. The van der Waals surface area contributed by atoms with Crippen LogP contribution in [0.2, 0.25) is 0 Å². The number of nitrogens with one attached hydrogen (secondary N) is 1. The summed E-state index contributed by atoms with van der Waals surface area (Å²) < 4.78 is 40.7. The maximum atomic E-state index is 12.2. The molecule has 0 radical (unpaired) electrons. The van der Waals surface area contributed by atoms with Crippen LogP contribution in [0.15, 0.2) is 24.3 Å². The summed E-state index contributed by atoms with van der Waals surface area (Å²) in [5.74, 6) is 1.82. The number of para-hydroxylation sites is 1. The van der Waals surface area contributed by atoms with Crippen molar-refractivity contribution in [3.63, 3.8) is 0 Å². The van der Waals surface area contributed by atoms with Crippen molar-refractivity contribution in [3.05, 3.63) is 29.8 Å². The summed E-state index contributed by atoms with van der Waals surface area (Å²) in [6.07, 6.45) is -4.65. The third kappa shape index (κ3) is 6.73. The van der Waals surface area contributed by atoms with E-state index in [1.807, 2.05) is 6.92 Å². The summed E-state index contributed by atoms with van der Waals surface area (Å²) in [5.41, 5.74) is 0.508. The third-order valence-electron chi connectivity index (χ3n) is 2.41. The fraction of sp³-hybridized carbons (Fsp3) is 0.538. The van der Waals surface area contributed by atoms with Gasteiger partial charge in [0, 0.05) is 23.9 Å². The highest BCUT2D eigenvalue weighted by molar-refractivity contribution is 7.99. The zero-order valence-electron chi connectivity index (χ0n) is 11.0. The first-order valence-electron chi connectivity index (χ1n) is 6.07. The number of hydrogen-bond donors (Lipinski definition) is 1. The Balaban J connectivity index is 2.58. The molecule has 0 amide bonds. The van der Waals surface area contributed by atoms with Crippen LogP contribution in [0.1, 0.15) is 19.4 Å². The summed E-state index contributed by atoms with van der Waals surface area (Å²) in [5, 5.41) is 3.19. The van der Waals surface area contributed by atoms with Crippen LogP contribution in [0, 0.1) is 0 Å². The second-order valence-corrected chi connectivity index (χ2v) is 5.42. The molecule has 19 heavy (non-hydrogen) atoms. The van der Waals surface area contributed by atoms with Crippen LogP contribution in [-0.2, 0) is 6.54 Å². The van der Waals surface area contributed by atoms with E-state index in [0.717, 1.165) is 11.5 Å². The highest BCUT2D eigenvalue weighted by Gasteiger charge is 2.31. The van der Waals surface area contributed by atoms with E-state index < -0.39 is 6.36 Å². The molecule has 0 aromatic heterocycles. The monoisotopic (exact) mass is 293 g/mol. The summed E-state index contributed by atoms with van der Waals surface area (Å²) in [6, 6.07) is 6.43. The van der Waals surface area contributed by atoms with Gasteiger partial charge in [-0.2, -0.15) is 11.8 Å². The van der Waals surface area contributed by atoms with E-state index in [4.69, 9.17) is 0 Å². The number of benzene rings is 1. The van der Waals surface area contributed by atoms with E-state index in [-0.39, 0.29) is 11.8 Å². The lowest BCUT2D eigenvalue weighted by molar-refractivity contribution is -0.274. The predicted molar refractivity (Wildman–Crippen MR) is 72.4 cm³/mol. The Hall–Kier alpha value is -0.880. The molecule has 0 saturated heterocycles. The van der Waals surface area contributed by atoms with Gasteiger partial charge in [-0.15, -0.1) is 13.2 Å². The molecule has 1 aromatic rings. The van der Waals surface area contributed by atoms with E-state index >= 15 is 0 Å². The van der Waals surface area contributed by atoms with Crippen molar-refractivity contribution in [1.82, 2.24) is 5.32 Å². The van der Waals surface area contributed by atoms with Crippen molar-refractivity contribution in [1.29, 1.82) is 0 Å². The first-order valence-corrected chi connectivity index (χ1v) is 7.22. The molecule has 0 aliphatic heterocycles. The Morgan fingerprint density at radius 1 is 1.32 bits per heavy atom. The predicted octanol–water partition coefficient (Wildman–Crippen LogP) is 3.82. The number of rotatable bonds is 7. The molecule has 1 N–H and O–H groups in total. The maximum Gasteiger partial charge on any atom is 0.573 e. The van der Waals surface area contributed by atoms with Gasteiger partial charge in [0.1, 0.15) is 5.75 Å². The number of ether oxygens (including phenoxy) is 1. The molecule has 1 atom stereocenters. The topological polar surface area (TPSA) is 21.3 Å². The standard InChI is InChI=1S/C13H18F3NOS/c1-3-19-9-10(2)17-8-11-6-4-5-7-12(11)18-13(14,15)16/h4-7,10,17H,3,8-9H2,1-2H3. The minimum absolute atomic E-state index is 0.141. The van der Waals surface area contributed by atoms with Gasteiger partial charge >= 0.3 is 6.36 Å². The van der Waals surface area contributed by atoms with Crippen molar-refractivity contribution in [3.8, 4) is 5.75 Å². The average molecular weight is 293 g/mol. The van der Waals surface area contributed by atoms with Gasteiger partial charge in [-0.3, -0.25) is 0 Å². The van der Waals surface area contributed by atoms with Crippen molar-refractivity contribution in [2.75, 3.05) is 11.5 Å². The molecule has 0 bridgehead atoms. The Bertz CT molecular complexity index is 384. The molecule has 0 aliphatic carbocycles. The van der Waals surface area contributed by atoms with Crippen LogP contribution in [0.3, 0.4) is 0 Å². The number of alkyl halides is 3. The van der Waals surface area contributed by atoms with Gasteiger partial charge < -0.3 is 10.1 Å². The van der Waals surface area contributed by atoms with E-state index in [2.05, 4.69) is 17.0 Å². The van der Waals surface area contributed by atoms with Crippen LogP contribution in [0.5, 0.6) is 5.75 Å². The van der Waals surface area contributed by atoms with Crippen molar-refractivity contribution in [2.24, 2.45) is 0 Å². The van der Waals surface area contributed by atoms with Gasteiger partial charge in [0.05, 0.1) is 0 Å². The Morgan fingerprint density at radius 2 is 2.00 bits per heavy atom. The highest BCUT2D eigenvalue weighted by atomic mass is 32.2. The Kier molecular flexibility index (Phi) is 6.51. The molecule has 1 aromatic carbocycles. The van der Waals surface area contributed by atoms with Gasteiger partial charge in [0.2, 0.25) is 0 Å². The first kappa shape index (κ1) is 16.2. The normalized spacial score (nSPS) is 13.3. The quantitative estimate of drug-likeness (QED) is 0.826. The lowest BCUT2D eigenvalue weighted by Gasteiger charge is -2.16. The van der Waals surface area contributed by atoms with Crippen LogP contribution >= 0.6 is 11.8 Å². The van der Waals surface area contributed by atoms with Crippen molar-refractivity contribution in [2.45, 2.75) is 32.8 Å². The van der Waals surface area contributed by atoms with Gasteiger partial charge in [-0.25, -0.2) is 0 Å². The minimum atomic E-state index is -4.65. The van der Waals surface area contributed by atoms with Gasteiger partial charge in [0.15, 0.2) is 0 Å². The number of thioether (sulfide) groups is 1. The van der Waals surface area contributed by atoms with Gasteiger partial charge in [0.25, 0.3) is 0 Å². The molecule has 0 spiro atoms. The lowest BCUT2D eigenvalue weighted by Crippen LogP contribution is -2.28. The Morgan fingerprint density at radius 3 is 2.63 bits per heavy atom. The van der Waals surface area contributed by atoms with Crippen LogP contribution in [0.4, 0.5) is 13.2 Å². The lowest BCUT2D eigenvalue weighted by atomic mass is 10.2. The molecule has 1 unspecified atom stereocenters. The smallest absolute Gasteiger partial charge is 0.405 e. The molecule has 0 aliphatic rings. The SMILES string of the molecule is CCSCC(C)NCc1ccccc1OC(F)(F)F. The summed E-state index contributed by atoms with van der Waals surface area (Å²) in [4.78, 5) is 0. The summed E-state index contributed by atoms with van der Waals surface area (Å²) in [6.45, 7) is 4.44. The van der Waals surface area contributed by atoms with Gasteiger partial charge in [-0.05, 0) is 18.7 Å². The summed E-state index contributed by atoms with van der Waals surface area (Å²) >= 11 is 1.79. The molecule has 108 valence electrons. The molecule has 2 nitrogen and oxygen atoms in total. The number of hydrogen-bond acceptors (Lipinski definition) is 3. The second kappa shape index (κ2) is 7.65. The van der Waals surface area contributed by atoms with E-state index in [1.165, 1.54) is 12.1 Å². The van der Waals surface area contributed by atoms with Crippen LogP contribution < -0.4 is 10.1 Å². The third-order valence-corrected chi connectivity index (χ3v) is 3.56. The highest BCUT2D eigenvalue weighted by Crippen LogP contribution is 2.26. The zero-order valence-corrected chi connectivity index (χ0v) is 11.8. The van der Waals surface area contributed by atoms with E-state index in [9.17, 15) is 13.2 Å². The van der Waals surface area contributed by atoms with E-state index in [0.29, 0.717) is 12.1 Å². The molecular weight excluding hydrogens is 275 g/mol. The Labute approximate surface area is 115 Å². The molecule has 0 fully saturated rings. The van der Waals surface area contributed by atoms with Crippen molar-refractivity contribution < 1.29 is 17.9 Å². The van der Waals surface area contributed by atoms with Gasteiger partial charge in [-0.1, -0.05) is 25.1 Å². The first-order chi connectivity index (χ1) is 8.92. The number of halogens is 3. The van der Waals surface area contributed by atoms with E-state index in [1.54, 1.807) is 23.9 Å². The molecule has 1 rings (SSSR count). The summed E-state index contributed by atoms with van der Waals surface area (Å²) in [7, 11) is 0. The second-order valence-electron chi connectivity index (χ2n) is 4.10.